The third kappa shape index (κ3) is 3.25. The van der Waals surface area contributed by atoms with Crippen molar-refractivity contribution in [2.24, 2.45) is 23.5 Å². The molecule has 4 unspecified atom stereocenters. The summed E-state index contributed by atoms with van der Waals surface area (Å²) in [6.07, 6.45) is 3.92. The van der Waals surface area contributed by atoms with Crippen molar-refractivity contribution in [1.29, 1.82) is 0 Å². The van der Waals surface area contributed by atoms with Crippen molar-refractivity contribution < 1.29 is 4.74 Å². The number of rotatable bonds is 4. The second kappa shape index (κ2) is 5.72. The molecule has 84 valence electrons. The zero-order valence-corrected chi connectivity index (χ0v) is 9.83. The molecular formula is C12H25NO. The van der Waals surface area contributed by atoms with E-state index in [-0.39, 0.29) is 6.04 Å². The minimum atomic E-state index is 0.255. The maximum absolute atomic E-state index is 6.12. The van der Waals surface area contributed by atoms with E-state index in [2.05, 4.69) is 13.8 Å². The molecule has 4 atom stereocenters. The molecule has 0 aromatic rings. The molecule has 1 rings (SSSR count). The Labute approximate surface area is 88.2 Å². The van der Waals surface area contributed by atoms with Gasteiger partial charge in [0.2, 0.25) is 0 Å². The predicted octanol–water partition coefficient (Wildman–Crippen LogP) is 2.42. The average Bonchev–Trinajstić information content (AvgIpc) is 2.18. The van der Waals surface area contributed by atoms with Crippen LogP contribution in [-0.2, 0) is 4.74 Å². The summed E-state index contributed by atoms with van der Waals surface area (Å²) in [7, 11) is 0. The first-order valence-electron chi connectivity index (χ1n) is 5.98. The molecule has 0 aromatic carbocycles. The first-order chi connectivity index (χ1) is 6.65. The van der Waals surface area contributed by atoms with E-state index in [0.29, 0.717) is 5.92 Å². The third-order valence-electron chi connectivity index (χ3n) is 3.76. The van der Waals surface area contributed by atoms with Gasteiger partial charge in [-0.15, -0.1) is 0 Å². The molecule has 0 aromatic heterocycles. The zero-order chi connectivity index (χ0) is 10.6. The number of nitrogens with two attached hydrogens (primary N) is 1. The lowest BCUT2D eigenvalue weighted by molar-refractivity contribution is 0.0919. The smallest absolute Gasteiger partial charge is 0.0620 e. The van der Waals surface area contributed by atoms with E-state index >= 15 is 0 Å². The lowest BCUT2D eigenvalue weighted by Crippen LogP contribution is -2.38. The normalized spacial score (nSPS) is 35.6. The minimum absolute atomic E-state index is 0.255. The van der Waals surface area contributed by atoms with Crippen LogP contribution in [0.15, 0.2) is 0 Å². The Hall–Kier alpha value is -0.0800. The maximum atomic E-state index is 6.12. The van der Waals surface area contributed by atoms with Crippen LogP contribution in [-0.4, -0.2) is 19.3 Å². The van der Waals surface area contributed by atoms with Gasteiger partial charge in [0.25, 0.3) is 0 Å². The molecule has 1 aliphatic carbocycles. The molecule has 14 heavy (non-hydrogen) atoms. The highest BCUT2D eigenvalue weighted by molar-refractivity contribution is 4.81. The third-order valence-corrected chi connectivity index (χ3v) is 3.76. The van der Waals surface area contributed by atoms with Crippen molar-refractivity contribution in [3.8, 4) is 0 Å². The Kier molecular flexibility index (Phi) is 4.90. The van der Waals surface area contributed by atoms with Gasteiger partial charge in [-0.1, -0.05) is 20.3 Å². The topological polar surface area (TPSA) is 35.2 Å². The number of hydrogen-bond donors (Lipinski definition) is 1. The summed E-state index contributed by atoms with van der Waals surface area (Å²) in [6, 6.07) is 0.255. The molecule has 2 N–H and O–H groups in total. The molecule has 0 radical (unpaired) electrons. The van der Waals surface area contributed by atoms with Crippen LogP contribution in [0.4, 0.5) is 0 Å². The van der Waals surface area contributed by atoms with E-state index in [9.17, 15) is 0 Å². The summed E-state index contributed by atoms with van der Waals surface area (Å²) < 4.78 is 5.39. The standard InChI is InChI=1S/C12H25NO/c1-4-14-8-12(13)11-6-5-9(2)10(3)7-11/h9-12H,4-8,13H2,1-3H3. The Morgan fingerprint density at radius 1 is 1.29 bits per heavy atom. The summed E-state index contributed by atoms with van der Waals surface area (Å²) in [5.41, 5.74) is 6.12. The largest absolute Gasteiger partial charge is 0.380 e. The molecule has 0 bridgehead atoms. The Morgan fingerprint density at radius 2 is 2.00 bits per heavy atom. The van der Waals surface area contributed by atoms with Gasteiger partial charge in [-0.3, -0.25) is 0 Å². The summed E-state index contributed by atoms with van der Waals surface area (Å²) >= 11 is 0. The average molecular weight is 199 g/mol. The lowest BCUT2D eigenvalue weighted by atomic mass is 9.73. The van der Waals surface area contributed by atoms with Crippen molar-refractivity contribution in [2.45, 2.75) is 46.1 Å². The molecule has 0 aliphatic heterocycles. The van der Waals surface area contributed by atoms with E-state index in [1.807, 2.05) is 6.92 Å². The van der Waals surface area contributed by atoms with Crippen LogP contribution in [0.25, 0.3) is 0 Å². The van der Waals surface area contributed by atoms with Crippen molar-refractivity contribution in [3.05, 3.63) is 0 Å². The molecule has 0 amide bonds. The SMILES string of the molecule is CCOCC(N)C1CCC(C)C(C)C1. The molecule has 0 heterocycles. The van der Waals surface area contributed by atoms with E-state index in [4.69, 9.17) is 10.5 Å². The summed E-state index contributed by atoms with van der Waals surface area (Å²) in [4.78, 5) is 0. The lowest BCUT2D eigenvalue weighted by Gasteiger charge is -2.35. The highest BCUT2D eigenvalue weighted by Crippen LogP contribution is 2.34. The van der Waals surface area contributed by atoms with E-state index in [1.54, 1.807) is 0 Å². The quantitative estimate of drug-likeness (QED) is 0.754. The first kappa shape index (κ1) is 12.0. The van der Waals surface area contributed by atoms with Gasteiger partial charge in [0, 0.05) is 12.6 Å². The highest BCUT2D eigenvalue weighted by atomic mass is 16.5. The Bertz CT molecular complexity index is 160. The first-order valence-corrected chi connectivity index (χ1v) is 5.98. The second-order valence-electron chi connectivity index (χ2n) is 4.85. The minimum Gasteiger partial charge on any atom is -0.380 e. The van der Waals surface area contributed by atoms with Gasteiger partial charge >= 0.3 is 0 Å². The maximum Gasteiger partial charge on any atom is 0.0620 e. The fourth-order valence-electron chi connectivity index (χ4n) is 2.37. The van der Waals surface area contributed by atoms with Gasteiger partial charge in [0.15, 0.2) is 0 Å². The molecule has 1 aliphatic rings. The Balaban J connectivity index is 2.30. The second-order valence-corrected chi connectivity index (χ2v) is 4.85. The summed E-state index contributed by atoms with van der Waals surface area (Å²) in [5.74, 6) is 2.40. The molecule has 2 nitrogen and oxygen atoms in total. The zero-order valence-electron chi connectivity index (χ0n) is 9.83. The molecule has 1 fully saturated rings. The van der Waals surface area contributed by atoms with Crippen LogP contribution in [0.2, 0.25) is 0 Å². The van der Waals surface area contributed by atoms with Gasteiger partial charge < -0.3 is 10.5 Å². The molecule has 0 spiro atoms. The van der Waals surface area contributed by atoms with Gasteiger partial charge in [-0.25, -0.2) is 0 Å². The van der Waals surface area contributed by atoms with Gasteiger partial charge in [-0.05, 0) is 37.5 Å². The fourth-order valence-corrected chi connectivity index (χ4v) is 2.37. The summed E-state index contributed by atoms with van der Waals surface area (Å²) in [6.45, 7) is 8.26. The van der Waals surface area contributed by atoms with Crippen molar-refractivity contribution in [3.63, 3.8) is 0 Å². The van der Waals surface area contributed by atoms with Crippen LogP contribution in [0, 0.1) is 17.8 Å². The number of ether oxygens (including phenoxy) is 1. The van der Waals surface area contributed by atoms with Crippen molar-refractivity contribution in [2.75, 3.05) is 13.2 Å². The van der Waals surface area contributed by atoms with Crippen molar-refractivity contribution in [1.82, 2.24) is 0 Å². The molecular weight excluding hydrogens is 174 g/mol. The molecule has 0 saturated heterocycles. The van der Waals surface area contributed by atoms with Crippen LogP contribution in [0.1, 0.15) is 40.0 Å². The van der Waals surface area contributed by atoms with Crippen LogP contribution in [0.5, 0.6) is 0 Å². The van der Waals surface area contributed by atoms with E-state index < -0.39 is 0 Å². The van der Waals surface area contributed by atoms with Crippen LogP contribution >= 0.6 is 0 Å². The molecule has 1 saturated carbocycles. The van der Waals surface area contributed by atoms with Gasteiger partial charge in [0.1, 0.15) is 0 Å². The highest BCUT2D eigenvalue weighted by Gasteiger charge is 2.28. The van der Waals surface area contributed by atoms with Crippen LogP contribution in [0.3, 0.4) is 0 Å². The van der Waals surface area contributed by atoms with Crippen LogP contribution < -0.4 is 5.73 Å². The van der Waals surface area contributed by atoms with E-state index in [1.165, 1.54) is 19.3 Å². The van der Waals surface area contributed by atoms with Gasteiger partial charge in [-0.2, -0.15) is 0 Å². The Morgan fingerprint density at radius 3 is 2.57 bits per heavy atom. The number of hydrogen-bond acceptors (Lipinski definition) is 2. The van der Waals surface area contributed by atoms with Crippen molar-refractivity contribution >= 4 is 0 Å². The monoisotopic (exact) mass is 199 g/mol. The summed E-state index contributed by atoms with van der Waals surface area (Å²) in [5, 5.41) is 0. The van der Waals surface area contributed by atoms with E-state index in [0.717, 1.165) is 25.0 Å². The van der Waals surface area contributed by atoms with Gasteiger partial charge in [0.05, 0.1) is 6.61 Å². The fraction of sp³-hybridized carbons (Fsp3) is 1.00. The molecule has 2 heteroatoms. The predicted molar refractivity (Wildman–Crippen MR) is 60.1 cm³/mol.